The van der Waals surface area contributed by atoms with Gasteiger partial charge in [0.1, 0.15) is 5.82 Å². The highest BCUT2D eigenvalue weighted by molar-refractivity contribution is 7.17. The van der Waals surface area contributed by atoms with E-state index in [1.807, 2.05) is 0 Å². The Hall–Kier alpha value is -1.94. The van der Waals surface area contributed by atoms with Gasteiger partial charge in [-0.1, -0.05) is 24.6 Å². The highest BCUT2D eigenvalue weighted by atomic mass is 32.1. The summed E-state index contributed by atoms with van der Waals surface area (Å²) in [5.74, 6) is 1.46. The minimum absolute atomic E-state index is 0.673. The third-order valence-corrected chi connectivity index (χ3v) is 5.15. The highest BCUT2D eigenvalue weighted by Gasteiger charge is 2.17. The first-order valence-corrected chi connectivity index (χ1v) is 8.33. The molecule has 21 heavy (non-hydrogen) atoms. The van der Waals surface area contributed by atoms with Crippen LogP contribution in [0, 0.1) is 0 Å². The number of aromatic nitrogens is 2. The standard InChI is InChI=1S/C17H17N3S/c18-16-12-7-2-1-3-8-14(12)19-17(20-16)13-10-21-15-9-5-4-6-11(13)15/h4-6,9-10H,1-3,7-8H2,(H2,18,19,20). The summed E-state index contributed by atoms with van der Waals surface area (Å²) in [6.45, 7) is 0. The van der Waals surface area contributed by atoms with E-state index in [0.29, 0.717) is 5.82 Å². The molecule has 4 heteroatoms. The number of rotatable bonds is 1. The van der Waals surface area contributed by atoms with Crippen LogP contribution in [-0.2, 0) is 12.8 Å². The third-order valence-electron chi connectivity index (χ3n) is 4.19. The first-order valence-electron chi connectivity index (χ1n) is 7.45. The fraction of sp³-hybridized carbons (Fsp3) is 0.294. The number of nitrogen functional groups attached to an aromatic ring is 1. The predicted molar refractivity (Wildman–Crippen MR) is 88.5 cm³/mol. The van der Waals surface area contributed by atoms with E-state index in [9.17, 15) is 0 Å². The van der Waals surface area contributed by atoms with Gasteiger partial charge in [0.15, 0.2) is 5.82 Å². The van der Waals surface area contributed by atoms with Gasteiger partial charge in [-0.05, 0) is 31.7 Å². The Morgan fingerprint density at radius 2 is 1.86 bits per heavy atom. The molecule has 2 heterocycles. The number of benzene rings is 1. The Bertz CT molecular complexity index is 807. The second kappa shape index (κ2) is 5.11. The maximum Gasteiger partial charge on any atom is 0.163 e. The normalized spacial score (nSPS) is 14.9. The molecule has 0 saturated heterocycles. The molecule has 0 atom stereocenters. The molecule has 2 aromatic heterocycles. The van der Waals surface area contributed by atoms with E-state index >= 15 is 0 Å². The van der Waals surface area contributed by atoms with Crippen molar-refractivity contribution in [3.05, 3.63) is 40.9 Å². The molecule has 0 radical (unpaired) electrons. The van der Waals surface area contributed by atoms with Crippen LogP contribution in [0.25, 0.3) is 21.5 Å². The maximum absolute atomic E-state index is 6.21. The summed E-state index contributed by atoms with van der Waals surface area (Å²) in [5, 5.41) is 3.36. The summed E-state index contributed by atoms with van der Waals surface area (Å²) in [6, 6.07) is 8.39. The van der Waals surface area contributed by atoms with Crippen molar-refractivity contribution in [2.24, 2.45) is 0 Å². The fourth-order valence-corrected chi connectivity index (χ4v) is 4.01. The lowest BCUT2D eigenvalue weighted by Crippen LogP contribution is -2.06. The molecular formula is C17H17N3S. The molecular weight excluding hydrogens is 278 g/mol. The molecule has 2 N–H and O–H groups in total. The van der Waals surface area contributed by atoms with Crippen LogP contribution in [0.5, 0.6) is 0 Å². The van der Waals surface area contributed by atoms with Gasteiger partial charge >= 0.3 is 0 Å². The van der Waals surface area contributed by atoms with Crippen molar-refractivity contribution in [2.75, 3.05) is 5.73 Å². The molecule has 0 amide bonds. The van der Waals surface area contributed by atoms with Crippen LogP contribution in [0.3, 0.4) is 0 Å². The molecule has 0 fully saturated rings. The van der Waals surface area contributed by atoms with E-state index in [2.05, 4.69) is 34.6 Å². The zero-order valence-electron chi connectivity index (χ0n) is 11.8. The largest absolute Gasteiger partial charge is 0.383 e. The summed E-state index contributed by atoms with van der Waals surface area (Å²) < 4.78 is 1.27. The van der Waals surface area contributed by atoms with Crippen LogP contribution in [-0.4, -0.2) is 9.97 Å². The van der Waals surface area contributed by atoms with Crippen LogP contribution in [0.2, 0.25) is 0 Å². The molecule has 0 aliphatic heterocycles. The third kappa shape index (κ3) is 2.20. The second-order valence-electron chi connectivity index (χ2n) is 5.56. The lowest BCUT2D eigenvalue weighted by molar-refractivity contribution is 0.709. The van der Waals surface area contributed by atoms with Crippen molar-refractivity contribution >= 4 is 27.2 Å². The number of nitrogens with zero attached hydrogens (tertiary/aromatic N) is 2. The number of hydrogen-bond donors (Lipinski definition) is 1. The SMILES string of the molecule is Nc1nc(-c2csc3ccccc23)nc2c1CCCCC2. The molecule has 4 rings (SSSR count). The Labute approximate surface area is 127 Å². The van der Waals surface area contributed by atoms with Crippen LogP contribution in [0.1, 0.15) is 30.5 Å². The number of nitrogens with two attached hydrogens (primary N) is 1. The van der Waals surface area contributed by atoms with E-state index in [1.165, 1.54) is 34.9 Å². The Balaban J connectivity index is 1.89. The number of fused-ring (bicyclic) bond motifs is 2. The van der Waals surface area contributed by atoms with Gasteiger partial charge in [-0.25, -0.2) is 9.97 Å². The van der Waals surface area contributed by atoms with E-state index in [4.69, 9.17) is 10.7 Å². The van der Waals surface area contributed by atoms with Gasteiger partial charge < -0.3 is 5.73 Å². The molecule has 1 aromatic carbocycles. The first-order chi connectivity index (χ1) is 10.3. The number of hydrogen-bond acceptors (Lipinski definition) is 4. The second-order valence-corrected chi connectivity index (χ2v) is 6.48. The molecule has 1 aliphatic carbocycles. The zero-order chi connectivity index (χ0) is 14.2. The van der Waals surface area contributed by atoms with Gasteiger partial charge in [0.2, 0.25) is 0 Å². The average molecular weight is 295 g/mol. The molecule has 1 aliphatic rings. The fourth-order valence-electron chi connectivity index (χ4n) is 3.07. The van der Waals surface area contributed by atoms with Crippen molar-refractivity contribution in [3.8, 4) is 11.4 Å². The van der Waals surface area contributed by atoms with Crippen LogP contribution in [0.4, 0.5) is 5.82 Å². The van der Waals surface area contributed by atoms with Gasteiger partial charge in [0, 0.05) is 32.3 Å². The quantitative estimate of drug-likeness (QED) is 0.684. The molecule has 106 valence electrons. The monoisotopic (exact) mass is 295 g/mol. The van der Waals surface area contributed by atoms with E-state index < -0.39 is 0 Å². The first kappa shape index (κ1) is 12.8. The van der Waals surface area contributed by atoms with Crippen LogP contribution < -0.4 is 5.73 Å². The van der Waals surface area contributed by atoms with Crippen molar-refractivity contribution in [2.45, 2.75) is 32.1 Å². The predicted octanol–water partition coefficient (Wildman–Crippen LogP) is 4.21. The van der Waals surface area contributed by atoms with Crippen molar-refractivity contribution in [1.29, 1.82) is 0 Å². The van der Waals surface area contributed by atoms with Gasteiger partial charge in [0.25, 0.3) is 0 Å². The van der Waals surface area contributed by atoms with Gasteiger partial charge in [-0.3, -0.25) is 0 Å². The number of thiophene rings is 1. The lowest BCUT2D eigenvalue weighted by atomic mass is 10.1. The van der Waals surface area contributed by atoms with Crippen molar-refractivity contribution < 1.29 is 0 Å². The summed E-state index contributed by atoms with van der Waals surface area (Å²) in [7, 11) is 0. The number of anilines is 1. The Morgan fingerprint density at radius 3 is 2.81 bits per heavy atom. The summed E-state index contributed by atoms with van der Waals surface area (Å²) in [5.41, 5.74) is 9.65. The Morgan fingerprint density at radius 1 is 1.00 bits per heavy atom. The van der Waals surface area contributed by atoms with Crippen LogP contribution in [0.15, 0.2) is 29.6 Å². The van der Waals surface area contributed by atoms with Gasteiger partial charge in [0.05, 0.1) is 0 Å². The molecule has 0 unspecified atom stereocenters. The molecule has 3 aromatic rings. The van der Waals surface area contributed by atoms with Crippen molar-refractivity contribution in [1.82, 2.24) is 9.97 Å². The lowest BCUT2D eigenvalue weighted by Gasteiger charge is -2.10. The number of aryl methyl sites for hydroxylation is 1. The Kier molecular flexibility index (Phi) is 3.11. The van der Waals surface area contributed by atoms with Gasteiger partial charge in [-0.15, -0.1) is 11.3 Å². The summed E-state index contributed by atoms with van der Waals surface area (Å²) in [4.78, 5) is 9.44. The van der Waals surface area contributed by atoms with Crippen LogP contribution >= 0.6 is 11.3 Å². The molecule has 0 bridgehead atoms. The molecule has 0 saturated carbocycles. The summed E-state index contributed by atoms with van der Waals surface area (Å²) in [6.07, 6.45) is 5.70. The minimum atomic E-state index is 0.673. The van der Waals surface area contributed by atoms with E-state index in [0.717, 1.165) is 29.9 Å². The van der Waals surface area contributed by atoms with E-state index in [-0.39, 0.29) is 0 Å². The molecule has 3 nitrogen and oxygen atoms in total. The summed E-state index contributed by atoms with van der Waals surface area (Å²) >= 11 is 1.74. The molecule has 0 spiro atoms. The zero-order valence-corrected chi connectivity index (χ0v) is 12.6. The topological polar surface area (TPSA) is 51.8 Å². The van der Waals surface area contributed by atoms with Gasteiger partial charge in [-0.2, -0.15) is 0 Å². The minimum Gasteiger partial charge on any atom is -0.383 e. The average Bonchev–Trinajstić information content (AvgIpc) is 2.78. The maximum atomic E-state index is 6.21. The van der Waals surface area contributed by atoms with E-state index in [1.54, 1.807) is 11.3 Å². The highest BCUT2D eigenvalue weighted by Crippen LogP contribution is 2.34. The van der Waals surface area contributed by atoms with Crippen molar-refractivity contribution in [3.63, 3.8) is 0 Å². The smallest absolute Gasteiger partial charge is 0.163 e.